The second-order valence-corrected chi connectivity index (χ2v) is 9.72. The average molecular weight is 434 g/mol. The third-order valence-corrected chi connectivity index (χ3v) is 5.91. The van der Waals surface area contributed by atoms with Crippen LogP contribution in [-0.2, 0) is 21.5 Å². The fourth-order valence-corrected chi connectivity index (χ4v) is 4.05. The maximum absolute atomic E-state index is 11.0. The number of hydrogen-bond acceptors (Lipinski definition) is 4. The molecule has 0 bridgehead atoms. The fraction of sp³-hybridized carbons (Fsp3) is 0.357. The summed E-state index contributed by atoms with van der Waals surface area (Å²) in [5, 5.41) is 22.0. The van der Waals surface area contributed by atoms with E-state index in [-0.39, 0.29) is 0 Å². The number of hydrogen-bond donors (Lipinski definition) is 2. The molecule has 0 aliphatic rings. The number of nitrogens with zero attached hydrogens (tertiary/aromatic N) is 1. The van der Waals surface area contributed by atoms with E-state index in [4.69, 9.17) is 4.74 Å². The molecule has 0 atom stereocenters. The number of benzene rings is 3. The van der Waals surface area contributed by atoms with Crippen LogP contribution < -0.4 is 4.90 Å². The topological polar surface area (TPSA) is 52.9 Å². The Hall–Kier alpha value is -2.66. The molecule has 170 valence electrons. The molecule has 3 aromatic rings. The van der Waals surface area contributed by atoms with Crippen LogP contribution in [0.2, 0.25) is 0 Å². The quantitative estimate of drug-likeness (QED) is 0.447. The van der Waals surface area contributed by atoms with Gasteiger partial charge in [-0.1, -0.05) is 54.6 Å². The number of methoxy groups -OCH3 is 1. The van der Waals surface area contributed by atoms with Gasteiger partial charge in [-0.05, 0) is 59.7 Å². The molecule has 0 fully saturated rings. The maximum Gasteiger partial charge on any atom is 0.0891 e. The normalized spacial score (nSPS) is 12.7. The van der Waals surface area contributed by atoms with E-state index in [1.807, 2.05) is 74.5 Å². The number of aliphatic hydroxyl groups is 2. The van der Waals surface area contributed by atoms with Crippen LogP contribution in [0, 0.1) is 0 Å². The highest BCUT2D eigenvalue weighted by Crippen LogP contribution is 2.46. The lowest BCUT2D eigenvalue weighted by molar-refractivity contribution is 0.0197. The predicted octanol–water partition coefficient (Wildman–Crippen LogP) is 6.49. The lowest BCUT2D eigenvalue weighted by Crippen LogP contribution is -2.28. The first-order chi connectivity index (χ1) is 14.9. The summed E-state index contributed by atoms with van der Waals surface area (Å²) in [5.41, 5.74) is 2.50. The van der Waals surface area contributed by atoms with Gasteiger partial charge in [-0.2, -0.15) is 0 Å². The van der Waals surface area contributed by atoms with Crippen LogP contribution in [0.25, 0.3) is 0 Å². The second kappa shape index (κ2) is 8.70. The Morgan fingerprint density at radius 3 is 1.22 bits per heavy atom. The smallest absolute Gasteiger partial charge is 0.0891 e. The molecule has 0 aromatic heterocycles. The summed E-state index contributed by atoms with van der Waals surface area (Å²) in [7, 11) is 1.71. The minimum absolute atomic E-state index is 0.553. The molecule has 0 aliphatic heterocycles. The zero-order chi connectivity index (χ0) is 23.7. The lowest BCUT2D eigenvalue weighted by Gasteiger charge is -2.37. The van der Waals surface area contributed by atoms with E-state index in [0.29, 0.717) is 0 Å². The molecule has 4 heteroatoms. The predicted molar refractivity (Wildman–Crippen MR) is 132 cm³/mol. The van der Waals surface area contributed by atoms with E-state index < -0.39 is 16.8 Å². The SMILES string of the molecule is COC(C)(C)c1ccccc1N(c1ccccc1C(C)(C)O)c1ccccc1C(C)(C)O. The number of ether oxygens (including phenoxy) is 1. The van der Waals surface area contributed by atoms with Crippen molar-refractivity contribution in [2.45, 2.75) is 58.3 Å². The molecule has 3 aromatic carbocycles. The largest absolute Gasteiger partial charge is 0.386 e. The number of rotatable bonds is 7. The zero-order valence-corrected chi connectivity index (χ0v) is 20.2. The first-order valence-corrected chi connectivity index (χ1v) is 11.0. The Balaban J connectivity index is 2.44. The third kappa shape index (κ3) is 4.73. The zero-order valence-electron chi connectivity index (χ0n) is 20.2. The van der Waals surface area contributed by atoms with Crippen molar-refractivity contribution in [1.82, 2.24) is 0 Å². The summed E-state index contributed by atoms with van der Waals surface area (Å²) in [6.45, 7) is 11.2. The molecule has 0 heterocycles. The molecule has 0 radical (unpaired) electrons. The van der Waals surface area contributed by atoms with Gasteiger partial charge in [-0.25, -0.2) is 0 Å². The van der Waals surface area contributed by atoms with Gasteiger partial charge in [0.1, 0.15) is 0 Å². The molecule has 4 nitrogen and oxygen atoms in total. The van der Waals surface area contributed by atoms with Crippen molar-refractivity contribution in [2.75, 3.05) is 12.0 Å². The first kappa shape index (κ1) is 24.0. The highest BCUT2D eigenvalue weighted by Gasteiger charge is 2.32. The van der Waals surface area contributed by atoms with Crippen molar-refractivity contribution < 1.29 is 14.9 Å². The van der Waals surface area contributed by atoms with Gasteiger partial charge in [0.2, 0.25) is 0 Å². The number of para-hydroxylation sites is 3. The molecule has 3 rings (SSSR count). The summed E-state index contributed by atoms with van der Waals surface area (Å²) in [5.74, 6) is 0. The van der Waals surface area contributed by atoms with Crippen molar-refractivity contribution in [3.8, 4) is 0 Å². The van der Waals surface area contributed by atoms with E-state index in [1.54, 1.807) is 34.8 Å². The fourth-order valence-electron chi connectivity index (χ4n) is 4.05. The van der Waals surface area contributed by atoms with Crippen molar-refractivity contribution in [1.29, 1.82) is 0 Å². The van der Waals surface area contributed by atoms with Gasteiger partial charge >= 0.3 is 0 Å². The molecule has 0 spiro atoms. The Morgan fingerprint density at radius 2 is 0.875 bits per heavy atom. The molecule has 2 N–H and O–H groups in total. The van der Waals surface area contributed by atoms with E-state index >= 15 is 0 Å². The van der Waals surface area contributed by atoms with E-state index in [2.05, 4.69) is 17.0 Å². The molecular weight excluding hydrogens is 398 g/mol. The van der Waals surface area contributed by atoms with Crippen molar-refractivity contribution in [3.05, 3.63) is 89.5 Å². The summed E-state index contributed by atoms with van der Waals surface area (Å²) < 4.78 is 5.86. The van der Waals surface area contributed by atoms with Crippen molar-refractivity contribution in [3.63, 3.8) is 0 Å². The molecule has 0 unspecified atom stereocenters. The average Bonchev–Trinajstić information content (AvgIpc) is 2.73. The minimum atomic E-state index is -1.07. The molecule has 0 amide bonds. The van der Waals surface area contributed by atoms with Crippen LogP contribution >= 0.6 is 0 Å². The Labute approximate surface area is 192 Å². The van der Waals surface area contributed by atoms with Gasteiger partial charge in [0.15, 0.2) is 0 Å². The monoisotopic (exact) mass is 433 g/mol. The summed E-state index contributed by atoms with van der Waals surface area (Å²) in [4.78, 5) is 2.12. The Morgan fingerprint density at radius 1 is 0.562 bits per heavy atom. The van der Waals surface area contributed by atoms with Crippen LogP contribution in [-0.4, -0.2) is 17.3 Å². The van der Waals surface area contributed by atoms with Crippen LogP contribution in [0.4, 0.5) is 17.1 Å². The highest BCUT2D eigenvalue weighted by molar-refractivity contribution is 5.83. The Bertz CT molecular complexity index is 1020. The van der Waals surface area contributed by atoms with Gasteiger partial charge in [0, 0.05) is 23.8 Å². The summed E-state index contributed by atoms with van der Waals surface area (Å²) >= 11 is 0. The van der Waals surface area contributed by atoms with Gasteiger partial charge in [0.05, 0.1) is 33.9 Å². The van der Waals surface area contributed by atoms with Crippen LogP contribution in [0.5, 0.6) is 0 Å². The molecule has 0 saturated carbocycles. The molecule has 0 aliphatic carbocycles. The van der Waals surface area contributed by atoms with Crippen LogP contribution in [0.3, 0.4) is 0 Å². The van der Waals surface area contributed by atoms with Crippen molar-refractivity contribution in [2.24, 2.45) is 0 Å². The second-order valence-electron chi connectivity index (χ2n) is 9.72. The number of anilines is 3. The molecular formula is C28H35NO3. The van der Waals surface area contributed by atoms with Gasteiger partial charge in [0.25, 0.3) is 0 Å². The van der Waals surface area contributed by atoms with Crippen LogP contribution in [0.15, 0.2) is 72.8 Å². The maximum atomic E-state index is 11.0. The van der Waals surface area contributed by atoms with Gasteiger partial charge < -0.3 is 19.8 Å². The van der Waals surface area contributed by atoms with Gasteiger partial charge in [-0.15, -0.1) is 0 Å². The van der Waals surface area contributed by atoms with Gasteiger partial charge in [-0.3, -0.25) is 0 Å². The standard InChI is InChI=1S/C28H35NO3/c1-26(2,30)20-14-8-11-17-23(20)29(24-18-12-9-15-21(24)27(3,4)31)25-19-13-10-16-22(25)28(5,6)32-7/h8-19,30-31H,1-7H3. The summed E-state index contributed by atoms with van der Waals surface area (Å²) in [6, 6.07) is 23.8. The Kier molecular flexibility index (Phi) is 6.52. The minimum Gasteiger partial charge on any atom is -0.386 e. The molecule has 32 heavy (non-hydrogen) atoms. The van der Waals surface area contributed by atoms with E-state index in [1.165, 1.54) is 0 Å². The molecule has 0 saturated heterocycles. The highest BCUT2D eigenvalue weighted by atomic mass is 16.5. The lowest BCUT2D eigenvalue weighted by atomic mass is 9.90. The van der Waals surface area contributed by atoms with Crippen LogP contribution in [0.1, 0.15) is 58.2 Å². The van der Waals surface area contributed by atoms with E-state index in [0.717, 1.165) is 33.8 Å². The van der Waals surface area contributed by atoms with Crippen molar-refractivity contribution >= 4 is 17.1 Å². The first-order valence-electron chi connectivity index (χ1n) is 11.0. The summed E-state index contributed by atoms with van der Waals surface area (Å²) in [6.07, 6.45) is 0. The van der Waals surface area contributed by atoms with E-state index in [9.17, 15) is 10.2 Å². The third-order valence-electron chi connectivity index (χ3n) is 5.91.